The number of aromatic amines is 1. The van der Waals surface area contributed by atoms with Crippen LogP contribution in [0.2, 0.25) is 0 Å². The van der Waals surface area contributed by atoms with Crippen LogP contribution in [0.25, 0.3) is 38.9 Å². The molecule has 6 rings (SSSR count). The van der Waals surface area contributed by atoms with Gasteiger partial charge in [0.15, 0.2) is 0 Å². The maximum atomic E-state index is 4.88. The summed E-state index contributed by atoms with van der Waals surface area (Å²) in [6.45, 7) is 4.75. The van der Waals surface area contributed by atoms with Crippen molar-refractivity contribution in [2.24, 2.45) is 9.98 Å². The Bertz CT molecular complexity index is 1600. The van der Waals surface area contributed by atoms with Crippen molar-refractivity contribution in [3.05, 3.63) is 84.3 Å². The van der Waals surface area contributed by atoms with Crippen molar-refractivity contribution in [2.45, 2.75) is 13.3 Å². The van der Waals surface area contributed by atoms with Gasteiger partial charge in [0.2, 0.25) is 0 Å². The Kier molecular flexibility index (Phi) is 5.73. The lowest BCUT2D eigenvalue weighted by Crippen LogP contribution is -2.30. The summed E-state index contributed by atoms with van der Waals surface area (Å²) in [7, 11) is 1.81. The predicted octanol–water partition coefficient (Wildman–Crippen LogP) is 4.88. The van der Waals surface area contributed by atoms with Crippen molar-refractivity contribution >= 4 is 28.2 Å². The number of fused-ring (bicyclic) bond motifs is 2. The summed E-state index contributed by atoms with van der Waals surface area (Å²) < 4.78 is 2.06. The molecule has 0 radical (unpaired) electrons. The third-order valence-electron chi connectivity index (χ3n) is 6.59. The molecule has 0 saturated heterocycles. The van der Waals surface area contributed by atoms with Gasteiger partial charge >= 0.3 is 0 Å². The van der Waals surface area contributed by atoms with Crippen LogP contribution < -0.4 is 10.6 Å². The molecule has 5 aromatic rings. The molecule has 0 bridgehead atoms. The normalized spacial score (nSPS) is 14.2. The van der Waals surface area contributed by atoms with Gasteiger partial charge in [-0.1, -0.05) is 36.4 Å². The maximum absolute atomic E-state index is 4.88. The van der Waals surface area contributed by atoms with E-state index in [0.29, 0.717) is 0 Å². The molecule has 1 aliphatic heterocycles. The van der Waals surface area contributed by atoms with Crippen LogP contribution in [0.1, 0.15) is 24.6 Å². The topological polar surface area (TPSA) is 81.9 Å². The second kappa shape index (κ2) is 9.34. The minimum Gasteiger partial charge on any atom is -0.370 e. The van der Waals surface area contributed by atoms with Gasteiger partial charge in [-0.2, -0.15) is 0 Å². The monoisotopic (exact) mass is 475 g/mol. The molecular formula is C29H29N7. The summed E-state index contributed by atoms with van der Waals surface area (Å²) in [5, 5.41) is 7.87. The van der Waals surface area contributed by atoms with Crippen molar-refractivity contribution in [1.29, 1.82) is 0 Å². The van der Waals surface area contributed by atoms with Gasteiger partial charge in [-0.05, 0) is 48.7 Å². The molecule has 1 aliphatic rings. The molecule has 180 valence electrons. The van der Waals surface area contributed by atoms with Gasteiger partial charge in [-0.3, -0.25) is 9.98 Å². The van der Waals surface area contributed by atoms with Crippen LogP contribution in [0.5, 0.6) is 0 Å². The number of H-pyrrole nitrogens is 1. The molecule has 0 amide bonds. The number of nitrogens with one attached hydrogen (secondary N) is 3. The number of benzene rings is 2. The van der Waals surface area contributed by atoms with E-state index in [1.165, 1.54) is 16.5 Å². The average molecular weight is 476 g/mol. The van der Waals surface area contributed by atoms with Crippen molar-refractivity contribution in [3.8, 4) is 22.4 Å². The Labute approximate surface area is 210 Å². The van der Waals surface area contributed by atoms with E-state index in [9.17, 15) is 0 Å². The second-order valence-corrected chi connectivity index (χ2v) is 8.98. The first kappa shape index (κ1) is 22.1. The van der Waals surface area contributed by atoms with Crippen molar-refractivity contribution in [1.82, 2.24) is 25.0 Å². The summed E-state index contributed by atoms with van der Waals surface area (Å²) >= 11 is 0. The van der Waals surface area contributed by atoms with E-state index < -0.39 is 0 Å². The molecular weight excluding hydrogens is 446 g/mol. The number of hydrogen-bond donors (Lipinski definition) is 3. The Balaban J connectivity index is 1.27. The van der Waals surface area contributed by atoms with Crippen molar-refractivity contribution in [2.75, 3.05) is 26.7 Å². The zero-order chi connectivity index (χ0) is 24.5. The van der Waals surface area contributed by atoms with Gasteiger partial charge in [0, 0.05) is 61.1 Å². The van der Waals surface area contributed by atoms with E-state index in [0.717, 1.165) is 71.4 Å². The molecule has 7 nitrogen and oxygen atoms in total. The number of hydrogen-bond acceptors (Lipinski definition) is 4. The van der Waals surface area contributed by atoms with Crippen molar-refractivity contribution < 1.29 is 0 Å². The summed E-state index contributed by atoms with van der Waals surface area (Å²) in [6, 6.07) is 21.4. The van der Waals surface area contributed by atoms with Crippen LogP contribution in [0.15, 0.2) is 83.0 Å². The molecule has 7 heteroatoms. The van der Waals surface area contributed by atoms with E-state index in [2.05, 4.69) is 110 Å². The highest BCUT2D eigenvalue weighted by molar-refractivity contribution is 6.02. The van der Waals surface area contributed by atoms with Gasteiger partial charge in [-0.15, -0.1) is 0 Å². The summed E-state index contributed by atoms with van der Waals surface area (Å²) in [4.78, 5) is 17.4. The quantitative estimate of drug-likeness (QED) is 0.250. The van der Waals surface area contributed by atoms with Gasteiger partial charge < -0.3 is 20.0 Å². The lowest BCUT2D eigenvalue weighted by molar-refractivity contribution is 0.742. The third kappa shape index (κ3) is 4.13. The molecule has 0 atom stereocenters. The number of aliphatic imine (C=N–C) groups is 2. The van der Waals surface area contributed by atoms with E-state index >= 15 is 0 Å². The van der Waals surface area contributed by atoms with E-state index in [4.69, 9.17) is 4.98 Å². The summed E-state index contributed by atoms with van der Waals surface area (Å²) in [5.41, 5.74) is 8.48. The maximum Gasteiger partial charge on any atom is 0.144 e. The number of rotatable bonds is 5. The minimum absolute atomic E-state index is 0.833. The highest BCUT2D eigenvalue weighted by Crippen LogP contribution is 2.28. The van der Waals surface area contributed by atoms with E-state index in [-0.39, 0.29) is 0 Å². The minimum atomic E-state index is 0.833. The van der Waals surface area contributed by atoms with Crippen LogP contribution in [0, 0.1) is 0 Å². The van der Waals surface area contributed by atoms with Gasteiger partial charge in [0.1, 0.15) is 17.3 Å². The predicted molar refractivity (Wildman–Crippen MR) is 148 cm³/mol. The Morgan fingerprint density at radius 3 is 2.61 bits per heavy atom. The number of nitrogens with zero attached hydrogens (tertiary/aromatic N) is 4. The number of pyridine rings is 1. The first-order chi connectivity index (χ1) is 17.7. The SMILES string of the molecule is CCNC(=NC)c1cc2ccc(-c3ccc(-c4cn5ccc(C6=NCCCN6)cc5n4)cc3)cc2[nH]1. The fraction of sp³-hybridized carbons (Fsp3) is 0.207. The van der Waals surface area contributed by atoms with Gasteiger partial charge in [-0.25, -0.2) is 4.98 Å². The first-order valence-electron chi connectivity index (χ1n) is 12.4. The zero-order valence-corrected chi connectivity index (χ0v) is 20.5. The van der Waals surface area contributed by atoms with Gasteiger partial charge in [0.05, 0.1) is 11.4 Å². The molecule has 4 heterocycles. The van der Waals surface area contributed by atoms with Crippen molar-refractivity contribution in [3.63, 3.8) is 0 Å². The first-order valence-corrected chi connectivity index (χ1v) is 12.4. The lowest BCUT2D eigenvalue weighted by Gasteiger charge is -2.14. The summed E-state index contributed by atoms with van der Waals surface area (Å²) in [5.74, 6) is 1.84. The molecule has 3 aromatic heterocycles. The van der Waals surface area contributed by atoms with Crippen LogP contribution >= 0.6 is 0 Å². The number of imidazole rings is 1. The van der Waals surface area contributed by atoms with Gasteiger partial charge in [0.25, 0.3) is 0 Å². The van der Waals surface area contributed by atoms with Crippen LogP contribution in [0.3, 0.4) is 0 Å². The molecule has 0 saturated carbocycles. The highest BCUT2D eigenvalue weighted by atomic mass is 15.0. The molecule has 0 unspecified atom stereocenters. The smallest absolute Gasteiger partial charge is 0.144 e. The van der Waals surface area contributed by atoms with E-state index in [1.54, 1.807) is 7.05 Å². The molecule has 36 heavy (non-hydrogen) atoms. The Hall–Kier alpha value is -4.39. The standard InChI is InChI=1S/C29H29N7/c1-3-31-29(30-2)25-16-22-10-9-21(15-24(22)34-25)19-5-7-20(8-6-19)26-18-36-14-11-23(17-27(36)35-26)28-32-12-4-13-33-28/h5-11,14-18,34H,3-4,12-13H2,1-2H3,(H,30,31)(H,32,33). The van der Waals surface area contributed by atoms with Crippen LogP contribution in [-0.2, 0) is 0 Å². The van der Waals surface area contributed by atoms with E-state index in [1.807, 2.05) is 0 Å². The van der Waals surface area contributed by atoms with Crippen LogP contribution in [0.4, 0.5) is 0 Å². The molecule has 0 aliphatic carbocycles. The molecule has 0 spiro atoms. The molecule has 0 fully saturated rings. The second-order valence-electron chi connectivity index (χ2n) is 8.98. The average Bonchev–Trinajstić information content (AvgIpc) is 3.55. The molecule has 2 aromatic carbocycles. The fourth-order valence-electron chi connectivity index (χ4n) is 4.72. The van der Waals surface area contributed by atoms with Crippen LogP contribution in [-0.4, -0.2) is 52.7 Å². The fourth-order valence-corrected chi connectivity index (χ4v) is 4.72. The number of aromatic nitrogens is 3. The molecule has 3 N–H and O–H groups in total. The lowest BCUT2D eigenvalue weighted by atomic mass is 10.0. The number of amidine groups is 2. The Morgan fingerprint density at radius 2 is 1.83 bits per heavy atom. The largest absolute Gasteiger partial charge is 0.370 e. The Morgan fingerprint density at radius 1 is 1.00 bits per heavy atom. The zero-order valence-electron chi connectivity index (χ0n) is 20.5. The third-order valence-corrected chi connectivity index (χ3v) is 6.59. The highest BCUT2D eigenvalue weighted by Gasteiger charge is 2.11. The summed E-state index contributed by atoms with van der Waals surface area (Å²) in [6.07, 6.45) is 5.22.